The second kappa shape index (κ2) is 3.55. The average Bonchev–Trinajstić information content (AvgIpc) is 1.61. The maximum Gasteiger partial charge on any atom is 0.162 e. The zero-order chi connectivity index (χ0) is 6.57. The van der Waals surface area contributed by atoms with Crippen LogP contribution in [0.3, 0.4) is 0 Å². The molecule has 1 atom stereocenters. The van der Waals surface area contributed by atoms with Crippen molar-refractivity contribution >= 4 is 0 Å². The fraction of sp³-hybridized carbons (Fsp3) is 1.00. The Hall–Kier alpha value is -0.440. The Kier molecular flexibility index (Phi) is 3.35. The Balaban J connectivity index is 3.34. The molecule has 1 unspecified atom stereocenters. The summed E-state index contributed by atoms with van der Waals surface area (Å²) >= 11 is 0. The van der Waals surface area contributed by atoms with Gasteiger partial charge in [0.05, 0.1) is 6.04 Å². The molecule has 1 N–H and O–H groups in total. The van der Waals surface area contributed by atoms with E-state index >= 15 is 0 Å². The lowest BCUT2D eigenvalue weighted by atomic mass is 10.4. The summed E-state index contributed by atoms with van der Waals surface area (Å²) in [5, 5.41) is 15.7. The third-order valence-electron chi connectivity index (χ3n) is 0.465. The van der Waals surface area contributed by atoms with Crippen molar-refractivity contribution in [2.24, 2.45) is 10.2 Å². The van der Waals surface area contributed by atoms with Gasteiger partial charge in [-0.1, -0.05) is 0 Å². The molecular weight excluding hydrogens is 104 g/mol. The minimum atomic E-state index is -0.655. The number of hydrogen-bond acceptors (Lipinski definition) is 3. The molecule has 0 saturated carbocycles. The Labute approximate surface area is 49.4 Å². The lowest BCUT2D eigenvalue weighted by Gasteiger charge is -1.94. The first kappa shape index (κ1) is 7.56. The van der Waals surface area contributed by atoms with Crippen LogP contribution in [-0.4, -0.2) is 17.4 Å². The van der Waals surface area contributed by atoms with Gasteiger partial charge in [-0.15, -0.1) is 0 Å². The van der Waals surface area contributed by atoms with Crippen LogP contribution in [0.4, 0.5) is 0 Å². The molecule has 0 saturated heterocycles. The van der Waals surface area contributed by atoms with E-state index < -0.39 is 6.23 Å². The molecule has 0 aliphatic heterocycles. The van der Waals surface area contributed by atoms with Crippen LogP contribution in [0.1, 0.15) is 20.8 Å². The maximum atomic E-state index is 8.54. The summed E-state index contributed by atoms with van der Waals surface area (Å²) in [5.41, 5.74) is 0. The van der Waals surface area contributed by atoms with Crippen LogP contribution in [0.2, 0.25) is 0 Å². The maximum absolute atomic E-state index is 8.54. The molecule has 0 aromatic rings. The van der Waals surface area contributed by atoms with Crippen molar-refractivity contribution in [1.29, 1.82) is 0 Å². The Morgan fingerprint density at radius 3 is 1.75 bits per heavy atom. The molecule has 0 aliphatic rings. The minimum Gasteiger partial charge on any atom is -0.370 e. The number of nitrogens with zero attached hydrogens (tertiary/aromatic N) is 2. The van der Waals surface area contributed by atoms with Gasteiger partial charge < -0.3 is 5.11 Å². The summed E-state index contributed by atoms with van der Waals surface area (Å²) in [6.07, 6.45) is -0.655. The standard InChI is InChI=1S/C5H12N2O/c1-4(2)6-7-5(3)8/h4-5,8H,1-3H3. The average molecular weight is 116 g/mol. The van der Waals surface area contributed by atoms with Crippen LogP contribution < -0.4 is 0 Å². The molecule has 48 valence electrons. The van der Waals surface area contributed by atoms with Crippen molar-refractivity contribution in [2.75, 3.05) is 0 Å². The van der Waals surface area contributed by atoms with Crippen molar-refractivity contribution in [1.82, 2.24) is 0 Å². The molecule has 0 spiro atoms. The van der Waals surface area contributed by atoms with E-state index in [-0.39, 0.29) is 6.04 Å². The molecule has 3 nitrogen and oxygen atoms in total. The zero-order valence-corrected chi connectivity index (χ0v) is 5.50. The third kappa shape index (κ3) is 5.56. The first-order valence-electron chi connectivity index (χ1n) is 2.71. The van der Waals surface area contributed by atoms with E-state index in [9.17, 15) is 0 Å². The Bertz CT molecular complexity index is 68.5. The fourth-order valence-electron chi connectivity index (χ4n) is 0.230. The molecule has 0 heterocycles. The Morgan fingerprint density at radius 1 is 1.12 bits per heavy atom. The molecule has 3 heteroatoms. The summed E-state index contributed by atoms with van der Waals surface area (Å²) in [5.74, 6) is 0. The monoisotopic (exact) mass is 116 g/mol. The molecule has 0 fully saturated rings. The number of azo groups is 1. The predicted octanol–water partition coefficient (Wildman–Crippen LogP) is 1.19. The van der Waals surface area contributed by atoms with Crippen LogP contribution in [0.5, 0.6) is 0 Å². The highest BCUT2D eigenvalue weighted by atomic mass is 16.3. The van der Waals surface area contributed by atoms with E-state index in [1.54, 1.807) is 6.92 Å². The second-order valence-electron chi connectivity index (χ2n) is 1.96. The highest BCUT2D eigenvalue weighted by molar-refractivity contribution is 4.45. The van der Waals surface area contributed by atoms with Crippen LogP contribution >= 0.6 is 0 Å². The largest absolute Gasteiger partial charge is 0.370 e. The third-order valence-corrected chi connectivity index (χ3v) is 0.465. The van der Waals surface area contributed by atoms with E-state index in [0.717, 1.165) is 0 Å². The van der Waals surface area contributed by atoms with Crippen LogP contribution in [0, 0.1) is 0 Å². The number of aliphatic hydroxyl groups excluding tert-OH is 1. The quantitative estimate of drug-likeness (QED) is 0.541. The molecule has 8 heavy (non-hydrogen) atoms. The summed E-state index contributed by atoms with van der Waals surface area (Å²) in [6.45, 7) is 5.39. The molecule has 0 bridgehead atoms. The van der Waals surface area contributed by atoms with Crippen LogP contribution in [0.15, 0.2) is 10.2 Å². The minimum absolute atomic E-state index is 0.185. The molecule has 0 amide bonds. The normalized spacial score (nSPS) is 15.6. The molecule has 0 aromatic heterocycles. The van der Waals surface area contributed by atoms with E-state index in [4.69, 9.17) is 5.11 Å². The SMILES string of the molecule is CC(C)N=NC(C)O. The first-order chi connectivity index (χ1) is 3.63. The van der Waals surface area contributed by atoms with Gasteiger partial charge in [0.25, 0.3) is 0 Å². The van der Waals surface area contributed by atoms with Gasteiger partial charge in [0.15, 0.2) is 6.23 Å². The highest BCUT2D eigenvalue weighted by Crippen LogP contribution is 1.89. The number of rotatable bonds is 2. The lowest BCUT2D eigenvalue weighted by molar-refractivity contribution is 0.194. The second-order valence-corrected chi connectivity index (χ2v) is 1.96. The zero-order valence-electron chi connectivity index (χ0n) is 5.50. The van der Waals surface area contributed by atoms with Crippen molar-refractivity contribution in [3.05, 3.63) is 0 Å². The lowest BCUT2D eigenvalue weighted by Crippen LogP contribution is -1.94. The van der Waals surface area contributed by atoms with Gasteiger partial charge in [-0.2, -0.15) is 10.2 Å². The summed E-state index contributed by atoms with van der Waals surface area (Å²) in [7, 11) is 0. The Morgan fingerprint density at radius 2 is 1.62 bits per heavy atom. The van der Waals surface area contributed by atoms with Crippen molar-refractivity contribution in [2.45, 2.75) is 33.0 Å². The summed E-state index contributed by atoms with van der Waals surface area (Å²) in [6, 6.07) is 0.185. The van der Waals surface area contributed by atoms with Gasteiger partial charge in [-0.05, 0) is 20.8 Å². The smallest absolute Gasteiger partial charge is 0.162 e. The van der Waals surface area contributed by atoms with Gasteiger partial charge in [0.2, 0.25) is 0 Å². The van der Waals surface area contributed by atoms with Gasteiger partial charge in [-0.3, -0.25) is 0 Å². The van der Waals surface area contributed by atoms with Crippen molar-refractivity contribution < 1.29 is 5.11 Å². The van der Waals surface area contributed by atoms with Crippen LogP contribution in [0.25, 0.3) is 0 Å². The van der Waals surface area contributed by atoms with Crippen molar-refractivity contribution in [3.63, 3.8) is 0 Å². The first-order valence-corrected chi connectivity index (χ1v) is 2.71. The number of hydrogen-bond donors (Lipinski definition) is 1. The molecule has 0 aromatic carbocycles. The molecule has 0 aliphatic carbocycles. The van der Waals surface area contributed by atoms with Gasteiger partial charge >= 0.3 is 0 Å². The van der Waals surface area contributed by atoms with Crippen molar-refractivity contribution in [3.8, 4) is 0 Å². The van der Waals surface area contributed by atoms with E-state index in [2.05, 4.69) is 10.2 Å². The molecule has 0 radical (unpaired) electrons. The predicted molar refractivity (Wildman–Crippen MR) is 31.7 cm³/mol. The number of aliphatic hydroxyl groups is 1. The highest BCUT2D eigenvalue weighted by Gasteiger charge is 1.88. The summed E-state index contributed by atoms with van der Waals surface area (Å²) < 4.78 is 0. The van der Waals surface area contributed by atoms with Gasteiger partial charge in [0.1, 0.15) is 0 Å². The molecule has 0 rings (SSSR count). The molecular formula is C5H12N2O. The summed E-state index contributed by atoms with van der Waals surface area (Å²) in [4.78, 5) is 0. The topological polar surface area (TPSA) is 45.0 Å². The van der Waals surface area contributed by atoms with Crippen LogP contribution in [-0.2, 0) is 0 Å². The fourth-order valence-corrected chi connectivity index (χ4v) is 0.230. The van der Waals surface area contributed by atoms with Gasteiger partial charge in [-0.25, -0.2) is 0 Å². The van der Waals surface area contributed by atoms with E-state index in [0.29, 0.717) is 0 Å². The van der Waals surface area contributed by atoms with E-state index in [1.807, 2.05) is 13.8 Å². The van der Waals surface area contributed by atoms with Gasteiger partial charge in [0, 0.05) is 0 Å². The van der Waals surface area contributed by atoms with E-state index in [1.165, 1.54) is 0 Å².